The van der Waals surface area contributed by atoms with Crippen LogP contribution in [0.3, 0.4) is 0 Å². The molecule has 1 amide bonds. The summed E-state index contributed by atoms with van der Waals surface area (Å²) in [5.41, 5.74) is 1.76. The zero-order chi connectivity index (χ0) is 13.9. The van der Waals surface area contributed by atoms with E-state index in [4.69, 9.17) is 4.74 Å². The van der Waals surface area contributed by atoms with Crippen molar-refractivity contribution in [2.24, 2.45) is 5.92 Å². The Morgan fingerprint density at radius 2 is 2.05 bits per heavy atom. The van der Waals surface area contributed by atoms with Crippen LogP contribution in [0.5, 0.6) is 5.75 Å². The monoisotopic (exact) mass is 274 g/mol. The number of anilines is 2. The van der Waals surface area contributed by atoms with E-state index in [9.17, 15) is 4.79 Å². The van der Waals surface area contributed by atoms with Crippen molar-refractivity contribution in [3.8, 4) is 5.75 Å². The number of hydrogen-bond donors (Lipinski definition) is 2. The number of amides is 1. The van der Waals surface area contributed by atoms with E-state index in [0.717, 1.165) is 30.0 Å². The average Bonchev–Trinajstić information content (AvgIpc) is 2.48. The second-order valence-electron chi connectivity index (χ2n) is 5.62. The predicted octanol–water partition coefficient (Wildman–Crippen LogP) is 3.40. The van der Waals surface area contributed by atoms with Gasteiger partial charge in [-0.15, -0.1) is 0 Å². The van der Waals surface area contributed by atoms with E-state index in [0.29, 0.717) is 12.5 Å². The molecule has 1 aliphatic heterocycles. The summed E-state index contributed by atoms with van der Waals surface area (Å²) >= 11 is 0. The maximum atomic E-state index is 12.4. The molecule has 1 aromatic rings. The van der Waals surface area contributed by atoms with Crippen LogP contribution in [-0.2, 0) is 4.79 Å². The number of nitrogens with one attached hydrogen (secondary N) is 2. The van der Waals surface area contributed by atoms with Crippen LogP contribution in [0.1, 0.15) is 39.0 Å². The molecular weight excluding hydrogens is 252 g/mol. The van der Waals surface area contributed by atoms with Gasteiger partial charge < -0.3 is 15.4 Å². The number of benzene rings is 1. The Hall–Kier alpha value is -1.71. The van der Waals surface area contributed by atoms with Gasteiger partial charge in [0.2, 0.25) is 5.91 Å². The lowest BCUT2D eigenvalue weighted by Crippen LogP contribution is -2.44. The molecule has 0 radical (unpaired) electrons. The van der Waals surface area contributed by atoms with Crippen molar-refractivity contribution in [3.63, 3.8) is 0 Å². The van der Waals surface area contributed by atoms with Gasteiger partial charge in [-0.2, -0.15) is 0 Å². The SMILES string of the molecule is CCOc1cccc2c1NC(=O)C(C1CCCCC1)N2. The molecule has 4 heteroatoms. The van der Waals surface area contributed by atoms with Crippen molar-refractivity contribution in [1.82, 2.24) is 0 Å². The van der Waals surface area contributed by atoms with Crippen LogP contribution in [0.2, 0.25) is 0 Å². The molecule has 20 heavy (non-hydrogen) atoms. The van der Waals surface area contributed by atoms with Crippen molar-refractivity contribution in [3.05, 3.63) is 18.2 Å². The van der Waals surface area contributed by atoms with Gasteiger partial charge in [-0.1, -0.05) is 25.3 Å². The number of carbonyl (C=O) groups is 1. The lowest BCUT2D eigenvalue weighted by atomic mass is 9.82. The molecule has 1 heterocycles. The van der Waals surface area contributed by atoms with Gasteiger partial charge >= 0.3 is 0 Å². The van der Waals surface area contributed by atoms with Crippen molar-refractivity contribution >= 4 is 17.3 Å². The molecule has 1 fully saturated rings. The molecule has 1 unspecified atom stereocenters. The van der Waals surface area contributed by atoms with Crippen molar-refractivity contribution < 1.29 is 9.53 Å². The Morgan fingerprint density at radius 3 is 2.80 bits per heavy atom. The maximum absolute atomic E-state index is 12.4. The minimum absolute atomic E-state index is 0.0801. The molecule has 0 aromatic heterocycles. The van der Waals surface area contributed by atoms with Gasteiger partial charge in [0.1, 0.15) is 17.5 Å². The van der Waals surface area contributed by atoms with Gasteiger partial charge in [0.15, 0.2) is 0 Å². The number of ether oxygens (including phenoxy) is 1. The largest absolute Gasteiger partial charge is 0.492 e. The molecule has 2 N–H and O–H groups in total. The summed E-state index contributed by atoms with van der Waals surface area (Å²) in [6, 6.07) is 5.77. The standard InChI is InChI=1S/C16H22N2O2/c1-2-20-13-10-6-9-12-15(13)18-16(19)14(17-12)11-7-4-3-5-8-11/h6,9-11,14,17H,2-5,7-8H2,1H3,(H,18,19). The fraction of sp³-hybridized carbons (Fsp3) is 0.562. The summed E-state index contributed by atoms with van der Waals surface area (Å²) in [6.07, 6.45) is 6.07. The zero-order valence-corrected chi connectivity index (χ0v) is 11.9. The minimum atomic E-state index is -0.0975. The van der Waals surface area contributed by atoms with E-state index in [1.165, 1.54) is 19.3 Å². The van der Waals surface area contributed by atoms with Gasteiger partial charge in [-0.05, 0) is 37.8 Å². The zero-order valence-electron chi connectivity index (χ0n) is 11.9. The van der Waals surface area contributed by atoms with Crippen LogP contribution in [0.15, 0.2) is 18.2 Å². The van der Waals surface area contributed by atoms with Gasteiger partial charge in [0, 0.05) is 0 Å². The summed E-state index contributed by atoms with van der Waals surface area (Å²) in [7, 11) is 0. The summed E-state index contributed by atoms with van der Waals surface area (Å²) in [5.74, 6) is 1.28. The summed E-state index contributed by atoms with van der Waals surface area (Å²) in [4.78, 5) is 12.4. The van der Waals surface area contributed by atoms with Crippen LogP contribution in [-0.4, -0.2) is 18.6 Å². The summed E-state index contributed by atoms with van der Waals surface area (Å²) < 4.78 is 5.58. The van der Waals surface area contributed by atoms with E-state index in [1.807, 2.05) is 25.1 Å². The highest BCUT2D eigenvalue weighted by Crippen LogP contribution is 2.38. The third kappa shape index (κ3) is 2.47. The molecule has 0 bridgehead atoms. The molecule has 0 saturated heterocycles. The van der Waals surface area contributed by atoms with Gasteiger partial charge in [0.25, 0.3) is 0 Å². The first-order valence-corrected chi connectivity index (χ1v) is 7.63. The molecule has 2 aliphatic rings. The molecule has 1 saturated carbocycles. The van der Waals surface area contributed by atoms with Crippen molar-refractivity contribution in [2.45, 2.75) is 45.1 Å². The predicted molar refractivity (Wildman–Crippen MR) is 80.2 cm³/mol. The Bertz CT molecular complexity index is 495. The van der Waals surface area contributed by atoms with Crippen LogP contribution in [0.4, 0.5) is 11.4 Å². The van der Waals surface area contributed by atoms with Gasteiger partial charge in [0.05, 0.1) is 12.3 Å². The van der Waals surface area contributed by atoms with E-state index < -0.39 is 0 Å². The number of para-hydroxylation sites is 1. The molecule has 1 aliphatic carbocycles. The third-order valence-electron chi connectivity index (χ3n) is 4.29. The lowest BCUT2D eigenvalue weighted by Gasteiger charge is -2.35. The number of carbonyl (C=O) groups excluding carboxylic acids is 1. The Kier molecular flexibility index (Phi) is 3.81. The average molecular weight is 274 g/mol. The first-order valence-electron chi connectivity index (χ1n) is 7.63. The van der Waals surface area contributed by atoms with E-state index >= 15 is 0 Å². The number of fused-ring (bicyclic) bond motifs is 1. The Morgan fingerprint density at radius 1 is 1.25 bits per heavy atom. The Balaban J connectivity index is 1.83. The van der Waals surface area contributed by atoms with Crippen LogP contribution in [0, 0.1) is 5.92 Å². The van der Waals surface area contributed by atoms with Crippen LogP contribution >= 0.6 is 0 Å². The fourth-order valence-electron chi connectivity index (χ4n) is 3.29. The van der Waals surface area contributed by atoms with E-state index in [1.54, 1.807) is 0 Å². The highest BCUT2D eigenvalue weighted by Gasteiger charge is 2.34. The highest BCUT2D eigenvalue weighted by atomic mass is 16.5. The molecule has 108 valence electrons. The Labute approximate surface area is 119 Å². The topological polar surface area (TPSA) is 50.4 Å². The third-order valence-corrected chi connectivity index (χ3v) is 4.29. The molecule has 3 rings (SSSR count). The summed E-state index contributed by atoms with van der Waals surface area (Å²) in [5, 5.41) is 6.46. The lowest BCUT2D eigenvalue weighted by molar-refractivity contribution is -0.118. The maximum Gasteiger partial charge on any atom is 0.247 e. The van der Waals surface area contributed by atoms with Crippen LogP contribution < -0.4 is 15.4 Å². The van der Waals surface area contributed by atoms with Crippen molar-refractivity contribution in [2.75, 3.05) is 17.2 Å². The van der Waals surface area contributed by atoms with Crippen molar-refractivity contribution in [1.29, 1.82) is 0 Å². The number of rotatable bonds is 3. The van der Waals surface area contributed by atoms with E-state index in [-0.39, 0.29) is 11.9 Å². The highest BCUT2D eigenvalue weighted by molar-refractivity contribution is 6.04. The first-order chi connectivity index (χ1) is 9.79. The molecule has 1 atom stereocenters. The van der Waals surface area contributed by atoms with Gasteiger partial charge in [-0.3, -0.25) is 4.79 Å². The molecule has 4 nitrogen and oxygen atoms in total. The molecule has 1 aromatic carbocycles. The minimum Gasteiger partial charge on any atom is -0.492 e. The van der Waals surface area contributed by atoms with E-state index in [2.05, 4.69) is 10.6 Å². The van der Waals surface area contributed by atoms with Gasteiger partial charge in [-0.25, -0.2) is 0 Å². The smallest absolute Gasteiger partial charge is 0.247 e. The first kappa shape index (κ1) is 13.3. The second kappa shape index (κ2) is 5.73. The molecular formula is C16H22N2O2. The second-order valence-corrected chi connectivity index (χ2v) is 5.62. The van der Waals surface area contributed by atoms with Crippen LogP contribution in [0.25, 0.3) is 0 Å². The fourth-order valence-corrected chi connectivity index (χ4v) is 3.29. The summed E-state index contributed by atoms with van der Waals surface area (Å²) in [6.45, 7) is 2.54. The molecule has 0 spiro atoms. The normalized spacial score (nSPS) is 22.6. The quantitative estimate of drug-likeness (QED) is 0.888. The number of hydrogen-bond acceptors (Lipinski definition) is 3.